The Hall–Kier alpha value is -0.800. The molecule has 0 unspecified atom stereocenters. The predicted molar refractivity (Wildman–Crippen MR) is 88.1 cm³/mol. The van der Waals surface area contributed by atoms with Gasteiger partial charge in [-0.1, -0.05) is 34.6 Å². The highest BCUT2D eigenvalue weighted by atomic mass is 16.3. The van der Waals surface area contributed by atoms with E-state index < -0.39 is 0 Å². The van der Waals surface area contributed by atoms with Crippen molar-refractivity contribution in [3.05, 3.63) is 23.7 Å². The van der Waals surface area contributed by atoms with Crippen LogP contribution in [0.2, 0.25) is 0 Å². The quantitative estimate of drug-likeness (QED) is 0.888. The van der Waals surface area contributed by atoms with E-state index in [0.717, 1.165) is 24.8 Å². The van der Waals surface area contributed by atoms with Gasteiger partial charge < -0.3 is 9.73 Å². The molecular weight excluding hydrogens is 260 g/mol. The summed E-state index contributed by atoms with van der Waals surface area (Å²) in [7, 11) is 0. The van der Waals surface area contributed by atoms with Gasteiger partial charge in [-0.05, 0) is 43.3 Å². The monoisotopic (exact) mass is 292 g/mol. The molecule has 0 aromatic carbocycles. The van der Waals surface area contributed by atoms with Gasteiger partial charge in [-0.2, -0.15) is 0 Å². The summed E-state index contributed by atoms with van der Waals surface area (Å²) in [5.74, 6) is 1.96. The van der Waals surface area contributed by atoms with E-state index in [0.29, 0.717) is 11.5 Å². The van der Waals surface area contributed by atoms with Crippen LogP contribution in [0.1, 0.15) is 58.8 Å². The maximum absolute atomic E-state index is 5.64. The number of hydrogen-bond acceptors (Lipinski definition) is 3. The summed E-state index contributed by atoms with van der Waals surface area (Å²) in [5.41, 5.74) is 1.80. The van der Waals surface area contributed by atoms with Gasteiger partial charge in [-0.15, -0.1) is 0 Å². The number of piperidine rings is 1. The second-order valence-electron chi connectivity index (χ2n) is 7.82. The maximum Gasteiger partial charge on any atom is 0.122 e. The molecule has 0 atom stereocenters. The lowest BCUT2D eigenvalue weighted by Gasteiger charge is -2.38. The molecule has 1 saturated heterocycles. The van der Waals surface area contributed by atoms with E-state index in [9.17, 15) is 0 Å². The Morgan fingerprint density at radius 1 is 1.29 bits per heavy atom. The Balaban J connectivity index is 1.85. The average molecular weight is 292 g/mol. The topological polar surface area (TPSA) is 28.4 Å². The summed E-state index contributed by atoms with van der Waals surface area (Å²) in [6.07, 6.45) is 4.47. The van der Waals surface area contributed by atoms with Crippen molar-refractivity contribution in [1.82, 2.24) is 10.2 Å². The minimum atomic E-state index is 0.452. The third-order valence-electron chi connectivity index (χ3n) is 4.71. The molecule has 0 bridgehead atoms. The van der Waals surface area contributed by atoms with Crippen molar-refractivity contribution in [2.75, 3.05) is 13.1 Å². The van der Waals surface area contributed by atoms with Gasteiger partial charge in [-0.25, -0.2) is 0 Å². The summed E-state index contributed by atoms with van der Waals surface area (Å²) in [5, 5.41) is 3.44. The number of likely N-dealkylation sites (tertiary alicyclic amines) is 1. The van der Waals surface area contributed by atoms with Gasteiger partial charge in [0.1, 0.15) is 5.76 Å². The molecule has 2 heterocycles. The van der Waals surface area contributed by atoms with E-state index in [-0.39, 0.29) is 0 Å². The highest BCUT2D eigenvalue weighted by molar-refractivity contribution is 5.17. The lowest BCUT2D eigenvalue weighted by molar-refractivity contribution is 0.107. The average Bonchev–Trinajstić information content (AvgIpc) is 2.83. The molecule has 1 aliphatic rings. The SMILES string of the molecule is CC(C)NCc1occc1CN1CCC(C(C)(C)C)CC1. The molecular formula is C18H32N2O. The van der Waals surface area contributed by atoms with Crippen LogP contribution in [0, 0.1) is 11.3 Å². The second kappa shape index (κ2) is 6.97. The van der Waals surface area contributed by atoms with Crippen LogP contribution in [0.5, 0.6) is 0 Å². The number of furan rings is 1. The second-order valence-corrected chi connectivity index (χ2v) is 7.82. The van der Waals surface area contributed by atoms with E-state index in [1.807, 2.05) is 6.26 Å². The van der Waals surface area contributed by atoms with Gasteiger partial charge in [-0.3, -0.25) is 4.90 Å². The van der Waals surface area contributed by atoms with Crippen LogP contribution in [0.4, 0.5) is 0 Å². The smallest absolute Gasteiger partial charge is 0.122 e. The molecule has 1 fully saturated rings. The fraction of sp³-hybridized carbons (Fsp3) is 0.778. The summed E-state index contributed by atoms with van der Waals surface area (Å²) >= 11 is 0. The van der Waals surface area contributed by atoms with Gasteiger partial charge in [0.2, 0.25) is 0 Å². The number of rotatable bonds is 5. The summed E-state index contributed by atoms with van der Waals surface area (Å²) in [6, 6.07) is 2.62. The fourth-order valence-electron chi connectivity index (χ4n) is 3.16. The van der Waals surface area contributed by atoms with E-state index in [1.54, 1.807) is 0 Å². The minimum Gasteiger partial charge on any atom is -0.468 e. The fourth-order valence-corrected chi connectivity index (χ4v) is 3.16. The van der Waals surface area contributed by atoms with Crippen LogP contribution in [0.3, 0.4) is 0 Å². The van der Waals surface area contributed by atoms with Gasteiger partial charge in [0, 0.05) is 18.2 Å². The Kier molecular flexibility index (Phi) is 5.50. The van der Waals surface area contributed by atoms with Crippen molar-refractivity contribution >= 4 is 0 Å². The summed E-state index contributed by atoms with van der Waals surface area (Å²) in [4.78, 5) is 2.58. The van der Waals surface area contributed by atoms with Crippen LogP contribution >= 0.6 is 0 Å². The lowest BCUT2D eigenvalue weighted by Crippen LogP contribution is -2.37. The first-order valence-electron chi connectivity index (χ1n) is 8.37. The van der Waals surface area contributed by atoms with Crippen LogP contribution in [0.15, 0.2) is 16.7 Å². The molecule has 0 saturated carbocycles. The highest BCUT2D eigenvalue weighted by Gasteiger charge is 2.28. The van der Waals surface area contributed by atoms with Gasteiger partial charge in [0.15, 0.2) is 0 Å². The minimum absolute atomic E-state index is 0.452. The van der Waals surface area contributed by atoms with Gasteiger partial charge >= 0.3 is 0 Å². The molecule has 3 heteroatoms. The molecule has 0 aliphatic carbocycles. The van der Waals surface area contributed by atoms with Crippen LogP contribution < -0.4 is 5.32 Å². The molecule has 1 aromatic rings. The molecule has 1 N–H and O–H groups in total. The number of hydrogen-bond donors (Lipinski definition) is 1. The number of nitrogens with zero attached hydrogens (tertiary/aromatic N) is 1. The van der Waals surface area contributed by atoms with Crippen molar-refractivity contribution in [3.8, 4) is 0 Å². The van der Waals surface area contributed by atoms with Crippen molar-refractivity contribution in [3.63, 3.8) is 0 Å². The van der Waals surface area contributed by atoms with Crippen molar-refractivity contribution in [2.24, 2.45) is 11.3 Å². The first-order valence-corrected chi connectivity index (χ1v) is 8.37. The Bertz CT molecular complexity index is 423. The lowest BCUT2D eigenvalue weighted by atomic mass is 9.75. The molecule has 1 aliphatic heterocycles. The highest BCUT2D eigenvalue weighted by Crippen LogP contribution is 2.34. The van der Waals surface area contributed by atoms with E-state index >= 15 is 0 Å². The Morgan fingerprint density at radius 3 is 2.52 bits per heavy atom. The normalized spacial score (nSPS) is 18.6. The molecule has 1 aromatic heterocycles. The van der Waals surface area contributed by atoms with Crippen LogP contribution in [-0.2, 0) is 13.1 Å². The van der Waals surface area contributed by atoms with Crippen molar-refractivity contribution in [2.45, 2.75) is 66.6 Å². The Morgan fingerprint density at radius 2 is 1.95 bits per heavy atom. The molecule has 0 amide bonds. The molecule has 120 valence electrons. The molecule has 0 spiro atoms. The summed E-state index contributed by atoms with van der Waals surface area (Å²) < 4.78 is 5.64. The van der Waals surface area contributed by atoms with E-state index in [2.05, 4.69) is 50.9 Å². The van der Waals surface area contributed by atoms with Gasteiger partial charge in [0.25, 0.3) is 0 Å². The third-order valence-corrected chi connectivity index (χ3v) is 4.71. The third kappa shape index (κ3) is 4.86. The first-order chi connectivity index (χ1) is 9.86. The zero-order valence-electron chi connectivity index (χ0n) is 14.4. The van der Waals surface area contributed by atoms with Crippen LogP contribution in [-0.4, -0.2) is 24.0 Å². The first kappa shape index (κ1) is 16.6. The zero-order valence-corrected chi connectivity index (χ0v) is 14.4. The van der Waals surface area contributed by atoms with Crippen molar-refractivity contribution < 1.29 is 4.42 Å². The van der Waals surface area contributed by atoms with Crippen molar-refractivity contribution in [1.29, 1.82) is 0 Å². The zero-order chi connectivity index (χ0) is 15.5. The van der Waals surface area contributed by atoms with Gasteiger partial charge in [0.05, 0.1) is 12.8 Å². The largest absolute Gasteiger partial charge is 0.468 e. The Labute approximate surface area is 130 Å². The summed E-state index contributed by atoms with van der Waals surface area (Å²) in [6.45, 7) is 15.7. The molecule has 0 radical (unpaired) electrons. The molecule has 3 nitrogen and oxygen atoms in total. The molecule has 21 heavy (non-hydrogen) atoms. The standard InChI is InChI=1S/C18H32N2O/c1-14(2)19-12-17-15(8-11-21-17)13-20-9-6-16(7-10-20)18(3,4)5/h8,11,14,16,19H,6-7,9-10,12-13H2,1-5H3. The van der Waals surface area contributed by atoms with Crippen LogP contribution in [0.25, 0.3) is 0 Å². The van der Waals surface area contributed by atoms with E-state index in [1.165, 1.54) is 31.5 Å². The maximum atomic E-state index is 5.64. The number of nitrogens with one attached hydrogen (secondary N) is 1. The molecule has 2 rings (SSSR count). The van der Waals surface area contributed by atoms with E-state index in [4.69, 9.17) is 4.42 Å². The predicted octanol–water partition coefficient (Wildman–Crippen LogP) is 4.04.